The molecule has 3 rings (SSSR count). The van der Waals surface area contributed by atoms with Gasteiger partial charge < -0.3 is 31.5 Å². The Labute approximate surface area is 265 Å². The molecule has 0 heterocycles. The number of nitrogens with zero attached hydrogens (tertiary/aromatic N) is 4. The molecule has 0 aliphatic carbocycles. The summed E-state index contributed by atoms with van der Waals surface area (Å²) >= 11 is 5.46. The molecule has 1 unspecified atom stereocenters. The third-order valence-electron chi connectivity index (χ3n) is 5.40. The highest BCUT2D eigenvalue weighted by Crippen LogP contribution is 2.43. The fourth-order valence-corrected chi connectivity index (χ4v) is 4.69. The molecule has 0 fully saturated rings. The average Bonchev–Trinajstić information content (AvgIpc) is 2.97. The first-order valence-electron chi connectivity index (χ1n) is 11.8. The Hall–Kier alpha value is -4.16. The van der Waals surface area contributed by atoms with Crippen molar-refractivity contribution in [2.45, 2.75) is 18.7 Å². The number of azo groups is 2. The molecule has 21 heteroatoms. The maximum atomic E-state index is 12.2. The van der Waals surface area contributed by atoms with Gasteiger partial charge in [-0.25, -0.2) is 15.3 Å². The Kier molecular flexibility index (Phi) is 14.3. The predicted octanol–water partition coefficient (Wildman–Crippen LogP) is 4.93. The van der Waals surface area contributed by atoms with Gasteiger partial charge in [-0.3, -0.25) is 4.79 Å². The van der Waals surface area contributed by atoms with Gasteiger partial charge in [0.1, 0.15) is 40.0 Å². The number of carboxylic acid groups (broad SMARTS) is 1. The van der Waals surface area contributed by atoms with Crippen molar-refractivity contribution in [1.82, 2.24) is 0 Å². The van der Waals surface area contributed by atoms with Gasteiger partial charge in [-0.1, -0.05) is 16.1 Å². The van der Waals surface area contributed by atoms with Gasteiger partial charge in [0.25, 0.3) is 0 Å². The Bertz CT molecular complexity index is 1640. The SMILES string of the molecule is COc1cc(OC(=O)CS(=S)OOO)c(C)cc1N=Nc1c(N)cc(C(=O)O)c(N=Nc2ccc(C)cc2SOOO)c1N.O. The van der Waals surface area contributed by atoms with Crippen LogP contribution in [0, 0.1) is 13.8 Å². The van der Waals surface area contributed by atoms with Crippen LogP contribution in [-0.2, 0) is 44.5 Å². The monoisotopic (exact) mass is 686 g/mol. The number of anilines is 2. The number of benzene rings is 3. The van der Waals surface area contributed by atoms with Crippen LogP contribution in [0.4, 0.5) is 34.1 Å². The first kappa shape index (κ1) is 37.0. The van der Waals surface area contributed by atoms with Crippen LogP contribution >= 0.6 is 12.0 Å². The van der Waals surface area contributed by atoms with E-state index in [0.29, 0.717) is 22.5 Å². The molecule has 0 saturated carbocycles. The molecule has 0 amide bonds. The number of carbonyl (C=O) groups is 2. The van der Waals surface area contributed by atoms with Gasteiger partial charge in [0.05, 0.1) is 50.7 Å². The summed E-state index contributed by atoms with van der Waals surface area (Å²) in [5.74, 6) is -2.24. The third-order valence-corrected chi connectivity index (χ3v) is 7.24. The second kappa shape index (κ2) is 17.4. The summed E-state index contributed by atoms with van der Waals surface area (Å²) < 4.78 is 19.4. The Balaban J connectivity index is 0.00000705. The van der Waals surface area contributed by atoms with Crippen LogP contribution in [-0.4, -0.2) is 45.9 Å². The molecule has 45 heavy (non-hydrogen) atoms. The number of rotatable bonds is 14. The molecule has 18 nitrogen and oxygen atoms in total. The van der Waals surface area contributed by atoms with E-state index in [0.717, 1.165) is 11.6 Å². The molecule has 0 aromatic heterocycles. The summed E-state index contributed by atoms with van der Waals surface area (Å²) in [6.45, 7) is 3.43. The van der Waals surface area contributed by atoms with E-state index in [1.807, 2.05) is 6.92 Å². The summed E-state index contributed by atoms with van der Waals surface area (Å²) in [7, 11) is -0.120. The second-order valence-corrected chi connectivity index (χ2v) is 11.3. The highest BCUT2D eigenvalue weighted by Gasteiger charge is 2.21. The molecule has 0 saturated heterocycles. The average molecular weight is 687 g/mol. The van der Waals surface area contributed by atoms with E-state index in [2.05, 4.69) is 39.2 Å². The Morgan fingerprint density at radius 1 is 0.956 bits per heavy atom. The van der Waals surface area contributed by atoms with Crippen molar-refractivity contribution in [2.24, 2.45) is 20.5 Å². The van der Waals surface area contributed by atoms with Gasteiger partial charge in [0, 0.05) is 6.07 Å². The van der Waals surface area contributed by atoms with Gasteiger partial charge >= 0.3 is 11.9 Å². The molecule has 0 aliphatic rings. The zero-order chi connectivity index (χ0) is 32.4. The van der Waals surface area contributed by atoms with Crippen molar-refractivity contribution >= 4 is 79.0 Å². The van der Waals surface area contributed by atoms with Gasteiger partial charge in [-0.05, 0) is 60.4 Å². The van der Waals surface area contributed by atoms with Crippen molar-refractivity contribution < 1.29 is 58.9 Å². The van der Waals surface area contributed by atoms with E-state index >= 15 is 0 Å². The number of esters is 1. The minimum absolute atomic E-state index is 0. The first-order chi connectivity index (χ1) is 21.0. The number of ether oxygens (including phenoxy) is 2. The molecule has 0 bridgehead atoms. The van der Waals surface area contributed by atoms with Crippen LogP contribution in [0.15, 0.2) is 61.8 Å². The summed E-state index contributed by atoms with van der Waals surface area (Å²) in [4.78, 5) is 24.5. The van der Waals surface area contributed by atoms with Crippen LogP contribution in [0.1, 0.15) is 21.5 Å². The maximum Gasteiger partial charge on any atom is 0.338 e. The lowest BCUT2D eigenvalue weighted by Crippen LogP contribution is -2.18. The van der Waals surface area contributed by atoms with E-state index in [9.17, 15) is 14.7 Å². The van der Waals surface area contributed by atoms with Crippen LogP contribution in [0.25, 0.3) is 0 Å². The highest BCUT2D eigenvalue weighted by atomic mass is 32.8. The standard InChI is InChI=1S/C24H24N6O11S3.H2O/c1-11-4-5-15(19(6-11)43-40-38-34)27-29-22-13(24(32)33)8-14(25)23(21(22)26)30-28-16-7-12(2)17(9-18(16)36-3)37-20(31)10-44(42)41-39-35;/h4-9,34-35H,10,25-26H2,1-3H3,(H,32,33);1H2. The van der Waals surface area contributed by atoms with Gasteiger partial charge in [-0.2, -0.15) is 0 Å². The summed E-state index contributed by atoms with van der Waals surface area (Å²) in [6.07, 6.45) is 0. The van der Waals surface area contributed by atoms with Crippen molar-refractivity contribution in [1.29, 1.82) is 0 Å². The molecule has 3 aromatic carbocycles. The van der Waals surface area contributed by atoms with Gasteiger partial charge in [0.15, 0.2) is 0 Å². The lowest BCUT2D eigenvalue weighted by molar-refractivity contribution is -0.433. The molecule has 0 spiro atoms. The zero-order valence-corrected chi connectivity index (χ0v) is 25.9. The molecular weight excluding hydrogens is 660 g/mol. The molecule has 0 radical (unpaired) electrons. The van der Waals surface area contributed by atoms with E-state index in [1.54, 1.807) is 25.1 Å². The molecule has 0 aliphatic heterocycles. The predicted molar refractivity (Wildman–Crippen MR) is 164 cm³/mol. The first-order valence-corrected chi connectivity index (χ1v) is 14.8. The highest BCUT2D eigenvalue weighted by molar-refractivity contribution is 8.26. The number of nitrogens with two attached hydrogens (primary N) is 2. The lowest BCUT2D eigenvalue weighted by Gasteiger charge is -2.12. The molecule has 3 aromatic rings. The largest absolute Gasteiger partial charge is 0.494 e. The lowest BCUT2D eigenvalue weighted by atomic mass is 10.1. The minimum atomic E-state index is -1.47. The Morgan fingerprint density at radius 2 is 1.64 bits per heavy atom. The number of aromatic carboxylic acids is 1. The van der Waals surface area contributed by atoms with Crippen LogP contribution in [0.2, 0.25) is 0 Å². The molecule has 242 valence electrons. The normalized spacial score (nSPS) is 11.8. The molecule has 1 atom stereocenters. The molecular formula is C24H26N6O12S3. The van der Waals surface area contributed by atoms with Gasteiger partial charge in [-0.15, -0.1) is 29.1 Å². The van der Waals surface area contributed by atoms with E-state index in [-0.39, 0.29) is 62.4 Å². The number of nitrogen functional groups attached to an aromatic ring is 2. The zero-order valence-electron chi connectivity index (χ0n) is 23.4. The summed E-state index contributed by atoms with van der Waals surface area (Å²) in [6, 6.07) is 8.97. The quantitative estimate of drug-likeness (QED) is 0.0286. The number of aryl methyl sites for hydroxylation is 2. The number of hydrogen-bond donors (Lipinski definition) is 5. The topological polar surface area (TPSA) is 283 Å². The van der Waals surface area contributed by atoms with Crippen molar-refractivity contribution in [3.63, 3.8) is 0 Å². The minimum Gasteiger partial charge on any atom is -0.494 e. The number of methoxy groups -OCH3 is 1. The molecule has 9 N–H and O–H groups in total. The summed E-state index contributed by atoms with van der Waals surface area (Å²) in [5.41, 5.74) is 13.0. The fourth-order valence-electron chi connectivity index (χ4n) is 3.43. The van der Waals surface area contributed by atoms with Crippen LogP contribution < -0.4 is 20.9 Å². The van der Waals surface area contributed by atoms with Crippen LogP contribution in [0.3, 0.4) is 0 Å². The van der Waals surface area contributed by atoms with Crippen molar-refractivity contribution in [3.05, 3.63) is 53.1 Å². The van der Waals surface area contributed by atoms with Crippen molar-refractivity contribution in [2.75, 3.05) is 24.3 Å². The van der Waals surface area contributed by atoms with Crippen LogP contribution in [0.5, 0.6) is 11.5 Å². The number of carboxylic acids is 1. The Morgan fingerprint density at radius 3 is 2.29 bits per heavy atom. The smallest absolute Gasteiger partial charge is 0.338 e. The fraction of sp³-hybridized carbons (Fsp3) is 0.167. The number of carbonyl (C=O) groups excluding carboxylic acids is 1. The third kappa shape index (κ3) is 9.92. The van der Waals surface area contributed by atoms with E-state index in [4.69, 9.17) is 42.6 Å². The maximum absolute atomic E-state index is 12.2. The van der Waals surface area contributed by atoms with Gasteiger partial charge in [0.2, 0.25) is 0 Å². The second-order valence-electron chi connectivity index (χ2n) is 8.38. The van der Waals surface area contributed by atoms with Crippen molar-refractivity contribution in [3.8, 4) is 11.5 Å². The summed E-state index contributed by atoms with van der Waals surface area (Å²) in [5, 5.41) is 50.1. The van der Waals surface area contributed by atoms with E-state index in [1.165, 1.54) is 19.2 Å². The van der Waals surface area contributed by atoms with E-state index < -0.39 is 21.7 Å². The number of hydrogen-bond acceptors (Lipinski definition) is 18.